The molecule has 1 N–H and O–H groups in total. The van der Waals surface area contributed by atoms with Crippen LogP contribution in [-0.2, 0) is 4.74 Å². The summed E-state index contributed by atoms with van der Waals surface area (Å²) in [6.45, 7) is 5.11. The molecule has 118 valence electrons. The van der Waals surface area contributed by atoms with Crippen LogP contribution in [0.15, 0.2) is 18.5 Å². The predicted octanol–water partition coefficient (Wildman–Crippen LogP) is 0.837. The molecule has 1 fully saturated rings. The van der Waals surface area contributed by atoms with Crippen LogP contribution in [0.4, 0.5) is 0 Å². The Balaban J connectivity index is 1.81. The van der Waals surface area contributed by atoms with Gasteiger partial charge in [-0.1, -0.05) is 0 Å². The minimum Gasteiger partial charge on any atom is -0.379 e. The van der Waals surface area contributed by atoms with Crippen molar-refractivity contribution in [1.82, 2.24) is 30.1 Å². The van der Waals surface area contributed by atoms with E-state index < -0.39 is 0 Å². The number of nitrogens with zero attached hydrogens (tertiary/aromatic N) is 5. The number of aromatic nitrogens is 5. The summed E-state index contributed by atoms with van der Waals surface area (Å²) < 4.78 is 7.27. The Hall–Kier alpha value is -2.22. The molecule has 2 atom stereocenters. The molecule has 22 heavy (non-hydrogen) atoms. The van der Waals surface area contributed by atoms with Gasteiger partial charge in [-0.2, -0.15) is 20.5 Å². The summed E-state index contributed by atoms with van der Waals surface area (Å²) in [5.41, 5.74) is 1.42. The zero-order valence-corrected chi connectivity index (χ0v) is 12.9. The van der Waals surface area contributed by atoms with Gasteiger partial charge in [0.2, 0.25) is 0 Å². The Morgan fingerprint density at radius 3 is 2.91 bits per heavy atom. The third-order valence-corrected chi connectivity index (χ3v) is 4.05. The van der Waals surface area contributed by atoms with Gasteiger partial charge in [0.15, 0.2) is 0 Å². The van der Waals surface area contributed by atoms with E-state index >= 15 is 0 Å². The van der Waals surface area contributed by atoms with Crippen LogP contribution < -0.4 is 0 Å². The van der Waals surface area contributed by atoms with Crippen molar-refractivity contribution in [2.45, 2.75) is 31.9 Å². The van der Waals surface area contributed by atoms with Crippen LogP contribution in [0, 0.1) is 0 Å². The van der Waals surface area contributed by atoms with Gasteiger partial charge in [-0.15, -0.1) is 0 Å². The maximum absolute atomic E-state index is 12.8. The summed E-state index contributed by atoms with van der Waals surface area (Å²) in [6, 6.07) is 1.90. The molecule has 0 radical (unpaired) electrons. The second-order valence-corrected chi connectivity index (χ2v) is 5.74. The number of hydrogen-bond donors (Lipinski definition) is 1. The summed E-state index contributed by atoms with van der Waals surface area (Å²) in [4.78, 5) is 14.6. The summed E-state index contributed by atoms with van der Waals surface area (Å²) in [6.07, 6.45) is 3.26. The standard InChI is InChI=1S/C14H20N6O2/c1-9(2)20-12(4-5-16-20)14(21)19-7-10(13(8-19)22-3)11-6-15-18-17-11/h4-6,9-10,13H,7-8H2,1-3H3,(H,15,17,18)/t10-,13+/m0/s1. The highest BCUT2D eigenvalue weighted by Crippen LogP contribution is 2.29. The van der Waals surface area contributed by atoms with Crippen molar-refractivity contribution in [2.75, 3.05) is 20.2 Å². The molecular weight excluding hydrogens is 284 g/mol. The van der Waals surface area contributed by atoms with Gasteiger partial charge in [0.1, 0.15) is 5.69 Å². The monoisotopic (exact) mass is 304 g/mol. The normalized spacial score (nSPS) is 21.7. The largest absolute Gasteiger partial charge is 0.379 e. The minimum absolute atomic E-state index is 0.0285. The van der Waals surface area contributed by atoms with Gasteiger partial charge < -0.3 is 9.64 Å². The fourth-order valence-electron chi connectivity index (χ4n) is 2.91. The lowest BCUT2D eigenvalue weighted by Crippen LogP contribution is -2.32. The van der Waals surface area contributed by atoms with Crippen molar-refractivity contribution in [3.05, 3.63) is 29.8 Å². The van der Waals surface area contributed by atoms with Gasteiger partial charge in [-0.3, -0.25) is 9.48 Å². The summed E-state index contributed by atoms with van der Waals surface area (Å²) >= 11 is 0. The van der Waals surface area contributed by atoms with Gasteiger partial charge in [-0.25, -0.2) is 0 Å². The molecule has 0 aliphatic carbocycles. The molecule has 8 heteroatoms. The van der Waals surface area contributed by atoms with Crippen molar-refractivity contribution in [3.63, 3.8) is 0 Å². The first-order valence-corrected chi connectivity index (χ1v) is 7.33. The second-order valence-electron chi connectivity index (χ2n) is 5.74. The lowest BCUT2D eigenvalue weighted by atomic mass is 10.0. The van der Waals surface area contributed by atoms with E-state index in [1.807, 2.05) is 13.8 Å². The molecular formula is C14H20N6O2. The van der Waals surface area contributed by atoms with E-state index in [1.165, 1.54) is 0 Å². The highest BCUT2D eigenvalue weighted by molar-refractivity contribution is 5.92. The molecule has 0 unspecified atom stereocenters. The van der Waals surface area contributed by atoms with Crippen molar-refractivity contribution < 1.29 is 9.53 Å². The molecule has 8 nitrogen and oxygen atoms in total. The first-order valence-electron chi connectivity index (χ1n) is 7.33. The molecule has 1 saturated heterocycles. The molecule has 2 aromatic heterocycles. The van der Waals surface area contributed by atoms with Gasteiger partial charge in [-0.05, 0) is 19.9 Å². The van der Waals surface area contributed by atoms with Crippen LogP contribution in [0.1, 0.15) is 42.0 Å². The van der Waals surface area contributed by atoms with Gasteiger partial charge in [0.25, 0.3) is 5.91 Å². The van der Waals surface area contributed by atoms with Crippen molar-refractivity contribution >= 4 is 5.91 Å². The lowest BCUT2D eigenvalue weighted by molar-refractivity contribution is 0.0702. The molecule has 1 amide bonds. The number of methoxy groups -OCH3 is 1. The molecule has 2 aromatic rings. The third-order valence-electron chi connectivity index (χ3n) is 4.05. The van der Waals surface area contributed by atoms with Gasteiger partial charge in [0, 0.05) is 32.4 Å². The second kappa shape index (κ2) is 5.88. The van der Waals surface area contributed by atoms with Crippen molar-refractivity contribution in [2.24, 2.45) is 0 Å². The smallest absolute Gasteiger partial charge is 0.272 e. The van der Waals surface area contributed by atoms with Crippen LogP contribution in [0.2, 0.25) is 0 Å². The Morgan fingerprint density at radius 2 is 2.27 bits per heavy atom. The van der Waals surface area contributed by atoms with Crippen LogP contribution >= 0.6 is 0 Å². The molecule has 1 aliphatic rings. The first kappa shape index (κ1) is 14.7. The first-order chi connectivity index (χ1) is 10.6. The van der Waals surface area contributed by atoms with E-state index in [0.717, 1.165) is 5.69 Å². The third kappa shape index (κ3) is 2.50. The maximum atomic E-state index is 12.8. The Morgan fingerprint density at radius 1 is 1.45 bits per heavy atom. The number of hydrogen-bond acceptors (Lipinski definition) is 5. The van der Waals surface area contributed by atoms with E-state index in [0.29, 0.717) is 18.8 Å². The molecule has 0 saturated carbocycles. The number of ether oxygens (including phenoxy) is 1. The average molecular weight is 304 g/mol. The molecule has 0 spiro atoms. The minimum atomic E-state index is -0.0792. The predicted molar refractivity (Wildman–Crippen MR) is 78.4 cm³/mol. The van der Waals surface area contributed by atoms with E-state index in [-0.39, 0.29) is 24.0 Å². The zero-order valence-electron chi connectivity index (χ0n) is 12.9. The number of amides is 1. The zero-order chi connectivity index (χ0) is 15.7. The number of likely N-dealkylation sites (tertiary alicyclic amines) is 1. The molecule has 1 aliphatic heterocycles. The Labute approximate surface area is 128 Å². The number of H-pyrrole nitrogens is 1. The summed E-state index contributed by atoms with van der Waals surface area (Å²) in [5, 5.41) is 14.8. The molecule has 3 heterocycles. The highest BCUT2D eigenvalue weighted by Gasteiger charge is 2.38. The summed E-state index contributed by atoms with van der Waals surface area (Å²) in [7, 11) is 1.66. The molecule has 0 aromatic carbocycles. The SMILES string of the molecule is CO[C@@H]1CN(C(=O)c2ccnn2C(C)C)C[C@H]1c1cn[nH]n1. The maximum Gasteiger partial charge on any atom is 0.272 e. The topological polar surface area (TPSA) is 88.9 Å². The fraction of sp³-hybridized carbons (Fsp3) is 0.571. The van der Waals surface area contributed by atoms with Crippen LogP contribution in [-0.4, -0.2) is 62.3 Å². The van der Waals surface area contributed by atoms with E-state index in [1.54, 1.807) is 35.2 Å². The molecule has 3 rings (SSSR count). The van der Waals surface area contributed by atoms with E-state index in [2.05, 4.69) is 20.5 Å². The number of carbonyl (C=O) groups excluding carboxylic acids is 1. The quantitative estimate of drug-likeness (QED) is 0.904. The molecule has 0 bridgehead atoms. The summed E-state index contributed by atoms with van der Waals surface area (Å²) in [5.74, 6) is 0.00219. The van der Waals surface area contributed by atoms with Gasteiger partial charge in [0.05, 0.1) is 23.9 Å². The Kier molecular flexibility index (Phi) is 3.93. The number of aromatic amines is 1. The van der Waals surface area contributed by atoms with Crippen LogP contribution in [0.5, 0.6) is 0 Å². The van der Waals surface area contributed by atoms with Gasteiger partial charge >= 0.3 is 0 Å². The number of carbonyl (C=O) groups is 1. The average Bonchev–Trinajstić information content (AvgIpc) is 3.23. The fourth-order valence-corrected chi connectivity index (χ4v) is 2.91. The van der Waals surface area contributed by atoms with Crippen molar-refractivity contribution in [1.29, 1.82) is 0 Å². The number of rotatable bonds is 4. The Bertz CT molecular complexity index is 636. The lowest BCUT2D eigenvalue weighted by Gasteiger charge is -2.18. The van der Waals surface area contributed by atoms with Crippen molar-refractivity contribution in [3.8, 4) is 0 Å². The highest BCUT2D eigenvalue weighted by atomic mass is 16.5. The number of nitrogens with one attached hydrogen (secondary N) is 1. The van der Waals surface area contributed by atoms with Crippen LogP contribution in [0.25, 0.3) is 0 Å². The van der Waals surface area contributed by atoms with Crippen LogP contribution in [0.3, 0.4) is 0 Å². The van der Waals surface area contributed by atoms with E-state index in [9.17, 15) is 4.79 Å². The van der Waals surface area contributed by atoms with E-state index in [4.69, 9.17) is 4.74 Å².